The van der Waals surface area contributed by atoms with E-state index in [0.717, 1.165) is 37.0 Å². The SMILES string of the molecule is CN(C)C1CCC2(CC1)CN(C(=O)CC(C)(C)C)Cc1ccccc1O2. The second-order valence-corrected chi connectivity index (χ2v) is 9.57. The lowest BCUT2D eigenvalue weighted by molar-refractivity contribution is -0.137. The number of benzene rings is 1. The highest BCUT2D eigenvalue weighted by molar-refractivity contribution is 5.77. The standard InChI is InChI=1S/C22H34N2O2/c1-21(2,3)14-20(25)24-15-17-8-6-7-9-19(17)26-22(16-24)12-10-18(11-13-22)23(4)5/h6-9,18H,10-16H2,1-5H3. The predicted molar refractivity (Wildman–Crippen MR) is 105 cm³/mol. The van der Waals surface area contributed by atoms with Crippen LogP contribution in [0.3, 0.4) is 0 Å². The molecule has 0 saturated heterocycles. The third-order valence-electron chi connectivity index (χ3n) is 5.77. The van der Waals surface area contributed by atoms with Crippen LogP contribution in [-0.4, -0.2) is 48.0 Å². The van der Waals surface area contributed by atoms with Crippen LogP contribution in [0.15, 0.2) is 24.3 Å². The molecule has 0 atom stereocenters. The van der Waals surface area contributed by atoms with Gasteiger partial charge in [0, 0.05) is 24.6 Å². The number of hydrogen-bond acceptors (Lipinski definition) is 3. The van der Waals surface area contributed by atoms with Crippen LogP contribution < -0.4 is 4.74 Å². The van der Waals surface area contributed by atoms with E-state index < -0.39 is 0 Å². The molecule has 0 radical (unpaired) electrons. The van der Waals surface area contributed by atoms with Gasteiger partial charge < -0.3 is 14.5 Å². The highest BCUT2D eigenvalue weighted by Gasteiger charge is 2.42. The van der Waals surface area contributed by atoms with Crippen LogP contribution in [0.1, 0.15) is 58.4 Å². The molecular formula is C22H34N2O2. The molecule has 1 aliphatic carbocycles. The molecule has 3 rings (SSSR count). The summed E-state index contributed by atoms with van der Waals surface area (Å²) in [7, 11) is 4.32. The molecule has 1 aliphatic heterocycles. The number of carbonyl (C=O) groups excluding carboxylic acids is 1. The van der Waals surface area contributed by atoms with Crippen LogP contribution in [0.2, 0.25) is 0 Å². The van der Waals surface area contributed by atoms with Crippen molar-refractivity contribution < 1.29 is 9.53 Å². The molecule has 144 valence electrons. The number of carbonyl (C=O) groups is 1. The number of fused-ring (bicyclic) bond motifs is 1. The van der Waals surface area contributed by atoms with Gasteiger partial charge in [-0.2, -0.15) is 0 Å². The molecule has 1 aromatic rings. The van der Waals surface area contributed by atoms with Gasteiger partial charge in [-0.3, -0.25) is 4.79 Å². The molecule has 0 bridgehead atoms. The van der Waals surface area contributed by atoms with E-state index in [1.54, 1.807) is 0 Å². The van der Waals surface area contributed by atoms with Crippen molar-refractivity contribution in [3.05, 3.63) is 29.8 Å². The van der Waals surface area contributed by atoms with Gasteiger partial charge in [0.25, 0.3) is 0 Å². The number of hydrogen-bond donors (Lipinski definition) is 0. The molecule has 4 nitrogen and oxygen atoms in total. The number of ether oxygens (including phenoxy) is 1. The van der Waals surface area contributed by atoms with Gasteiger partial charge in [0.05, 0.1) is 6.54 Å². The van der Waals surface area contributed by atoms with Gasteiger partial charge in [-0.25, -0.2) is 0 Å². The largest absolute Gasteiger partial charge is 0.485 e. The molecule has 2 aliphatic rings. The summed E-state index contributed by atoms with van der Waals surface area (Å²) in [5.74, 6) is 1.20. The molecule has 1 aromatic carbocycles. The number of para-hydroxylation sites is 1. The van der Waals surface area contributed by atoms with Gasteiger partial charge in [-0.15, -0.1) is 0 Å². The first-order chi connectivity index (χ1) is 12.2. The lowest BCUT2D eigenvalue weighted by Crippen LogP contribution is -2.52. The van der Waals surface area contributed by atoms with Gasteiger partial charge in [-0.05, 0) is 51.3 Å². The Bertz CT molecular complexity index is 640. The first-order valence-corrected chi connectivity index (χ1v) is 9.89. The van der Waals surface area contributed by atoms with Gasteiger partial charge in [-0.1, -0.05) is 39.0 Å². The number of rotatable bonds is 2. The maximum atomic E-state index is 13.0. The number of amides is 1. The van der Waals surface area contributed by atoms with Crippen LogP contribution in [0.4, 0.5) is 0 Å². The maximum Gasteiger partial charge on any atom is 0.223 e. The highest BCUT2D eigenvalue weighted by Crippen LogP contribution is 2.39. The Morgan fingerprint density at radius 3 is 2.50 bits per heavy atom. The van der Waals surface area contributed by atoms with Gasteiger partial charge >= 0.3 is 0 Å². The molecular weight excluding hydrogens is 324 g/mol. The Balaban J connectivity index is 1.85. The van der Waals surface area contributed by atoms with Crippen LogP contribution in [-0.2, 0) is 11.3 Å². The molecule has 0 unspecified atom stereocenters. The molecule has 1 saturated carbocycles. The highest BCUT2D eigenvalue weighted by atomic mass is 16.5. The smallest absolute Gasteiger partial charge is 0.223 e. The Morgan fingerprint density at radius 2 is 1.88 bits per heavy atom. The summed E-state index contributed by atoms with van der Waals surface area (Å²) in [6.07, 6.45) is 4.82. The van der Waals surface area contributed by atoms with Crippen molar-refractivity contribution in [1.82, 2.24) is 9.80 Å². The second kappa shape index (κ2) is 7.22. The van der Waals surface area contributed by atoms with Gasteiger partial charge in [0.15, 0.2) is 0 Å². The van der Waals surface area contributed by atoms with Crippen molar-refractivity contribution in [3.8, 4) is 5.75 Å². The van der Waals surface area contributed by atoms with Crippen LogP contribution in [0.25, 0.3) is 0 Å². The summed E-state index contributed by atoms with van der Waals surface area (Å²) in [5.41, 5.74) is 0.882. The van der Waals surface area contributed by atoms with E-state index in [0.29, 0.717) is 25.6 Å². The fourth-order valence-electron chi connectivity index (χ4n) is 4.26. The topological polar surface area (TPSA) is 32.8 Å². The van der Waals surface area contributed by atoms with Crippen molar-refractivity contribution >= 4 is 5.91 Å². The Labute approximate surface area is 158 Å². The molecule has 4 heteroatoms. The Morgan fingerprint density at radius 1 is 1.23 bits per heavy atom. The Hall–Kier alpha value is -1.55. The van der Waals surface area contributed by atoms with E-state index in [-0.39, 0.29) is 16.9 Å². The average molecular weight is 359 g/mol. The van der Waals surface area contributed by atoms with E-state index >= 15 is 0 Å². The van der Waals surface area contributed by atoms with E-state index in [4.69, 9.17) is 4.74 Å². The van der Waals surface area contributed by atoms with Crippen LogP contribution >= 0.6 is 0 Å². The summed E-state index contributed by atoms with van der Waals surface area (Å²) in [5, 5.41) is 0. The zero-order valence-electron chi connectivity index (χ0n) is 17.0. The predicted octanol–water partition coefficient (Wildman–Crippen LogP) is 4.09. The van der Waals surface area contributed by atoms with Gasteiger partial charge in [0.2, 0.25) is 5.91 Å². The first-order valence-electron chi connectivity index (χ1n) is 9.89. The van der Waals surface area contributed by atoms with Crippen molar-refractivity contribution in [2.45, 2.75) is 71.1 Å². The third-order valence-corrected chi connectivity index (χ3v) is 5.77. The summed E-state index contributed by atoms with van der Waals surface area (Å²) in [6, 6.07) is 8.84. The monoisotopic (exact) mass is 358 g/mol. The molecule has 0 N–H and O–H groups in total. The third kappa shape index (κ3) is 4.40. The Kier molecular flexibility index (Phi) is 5.34. The summed E-state index contributed by atoms with van der Waals surface area (Å²) < 4.78 is 6.61. The quantitative estimate of drug-likeness (QED) is 0.798. The molecule has 26 heavy (non-hydrogen) atoms. The maximum absolute atomic E-state index is 13.0. The van der Waals surface area contributed by atoms with Crippen LogP contribution in [0.5, 0.6) is 5.75 Å². The van der Waals surface area contributed by atoms with Crippen molar-refractivity contribution in [2.75, 3.05) is 20.6 Å². The molecule has 1 spiro atoms. The van der Waals surface area contributed by atoms with Gasteiger partial charge in [0.1, 0.15) is 11.4 Å². The lowest BCUT2D eigenvalue weighted by atomic mass is 9.81. The minimum Gasteiger partial charge on any atom is -0.485 e. The van der Waals surface area contributed by atoms with E-state index in [1.165, 1.54) is 0 Å². The fourth-order valence-corrected chi connectivity index (χ4v) is 4.26. The summed E-state index contributed by atoms with van der Waals surface area (Å²) in [6.45, 7) is 7.75. The fraction of sp³-hybridized carbons (Fsp3) is 0.682. The van der Waals surface area contributed by atoms with Crippen molar-refractivity contribution in [2.24, 2.45) is 5.41 Å². The zero-order valence-corrected chi connectivity index (χ0v) is 17.0. The second-order valence-electron chi connectivity index (χ2n) is 9.57. The summed E-state index contributed by atoms with van der Waals surface area (Å²) in [4.78, 5) is 17.4. The molecule has 0 aromatic heterocycles. The van der Waals surface area contributed by atoms with Crippen LogP contribution in [0, 0.1) is 5.41 Å². The van der Waals surface area contributed by atoms with E-state index in [2.05, 4.69) is 51.9 Å². The normalized spacial score (nSPS) is 26.4. The minimum absolute atomic E-state index is 0.000487. The van der Waals surface area contributed by atoms with Crippen molar-refractivity contribution in [3.63, 3.8) is 0 Å². The molecule has 1 heterocycles. The minimum atomic E-state index is -0.243. The molecule has 1 amide bonds. The first kappa shape index (κ1) is 19.2. The molecule has 1 fully saturated rings. The van der Waals surface area contributed by atoms with E-state index in [9.17, 15) is 4.79 Å². The van der Waals surface area contributed by atoms with E-state index in [1.807, 2.05) is 17.0 Å². The lowest BCUT2D eigenvalue weighted by Gasteiger charge is -2.43. The average Bonchev–Trinajstić information content (AvgIpc) is 2.70. The zero-order chi connectivity index (χ0) is 18.9. The number of nitrogens with zero attached hydrogens (tertiary/aromatic N) is 2. The van der Waals surface area contributed by atoms with Crippen molar-refractivity contribution in [1.29, 1.82) is 0 Å². The summed E-state index contributed by atoms with van der Waals surface area (Å²) >= 11 is 0.